The second-order valence-electron chi connectivity index (χ2n) is 3.87. The van der Waals surface area contributed by atoms with Crippen molar-refractivity contribution in [1.29, 1.82) is 0 Å². The number of hydrogen-bond donors (Lipinski definition) is 1. The average Bonchev–Trinajstić information content (AvgIpc) is 2.81. The lowest BCUT2D eigenvalue weighted by atomic mass is 10.2. The first kappa shape index (κ1) is 12.2. The van der Waals surface area contributed by atoms with Crippen LogP contribution in [0.3, 0.4) is 0 Å². The van der Waals surface area contributed by atoms with Crippen molar-refractivity contribution in [3.63, 3.8) is 0 Å². The van der Waals surface area contributed by atoms with Crippen LogP contribution in [0.2, 0.25) is 0 Å². The van der Waals surface area contributed by atoms with Gasteiger partial charge in [0.05, 0.1) is 7.11 Å². The fourth-order valence-electron chi connectivity index (χ4n) is 1.60. The third-order valence-electron chi connectivity index (χ3n) is 2.55. The summed E-state index contributed by atoms with van der Waals surface area (Å²) in [6.07, 6.45) is 0. The molecule has 0 saturated carbocycles. The number of benzene rings is 1. The Morgan fingerprint density at radius 1 is 1.33 bits per heavy atom. The number of methoxy groups -OCH3 is 1. The molecule has 1 aromatic heterocycles. The zero-order chi connectivity index (χ0) is 13.1. The van der Waals surface area contributed by atoms with E-state index in [4.69, 9.17) is 4.42 Å². The molecule has 5 nitrogen and oxygen atoms in total. The molecule has 2 aromatic rings. The predicted octanol–water partition coefficient (Wildman–Crippen LogP) is 1.72. The molecule has 0 aliphatic heterocycles. The number of esters is 1. The summed E-state index contributed by atoms with van der Waals surface area (Å²) in [7, 11) is 1.27. The normalized spacial score (nSPS) is 12.1. The van der Waals surface area contributed by atoms with Gasteiger partial charge in [0.2, 0.25) is 0 Å². The molecule has 0 radical (unpaired) electrons. The van der Waals surface area contributed by atoms with Gasteiger partial charge in [-0.3, -0.25) is 4.79 Å². The van der Waals surface area contributed by atoms with Gasteiger partial charge < -0.3 is 14.5 Å². The third kappa shape index (κ3) is 2.34. The van der Waals surface area contributed by atoms with Crippen LogP contribution in [-0.4, -0.2) is 25.0 Å². The smallest absolute Gasteiger partial charge is 0.328 e. The number of carbonyl (C=O) groups is 2. The quantitative estimate of drug-likeness (QED) is 0.838. The van der Waals surface area contributed by atoms with E-state index >= 15 is 0 Å². The van der Waals surface area contributed by atoms with Gasteiger partial charge in [-0.15, -0.1) is 0 Å². The molecule has 1 N–H and O–H groups in total. The van der Waals surface area contributed by atoms with Gasteiger partial charge in [-0.2, -0.15) is 0 Å². The van der Waals surface area contributed by atoms with E-state index in [2.05, 4.69) is 10.1 Å². The van der Waals surface area contributed by atoms with E-state index in [1.807, 2.05) is 18.2 Å². The van der Waals surface area contributed by atoms with Gasteiger partial charge in [0, 0.05) is 5.39 Å². The monoisotopic (exact) mass is 247 g/mol. The van der Waals surface area contributed by atoms with Crippen molar-refractivity contribution in [2.45, 2.75) is 13.0 Å². The fraction of sp³-hybridized carbons (Fsp3) is 0.231. The molecule has 1 aromatic carbocycles. The molecule has 0 spiro atoms. The molecule has 94 valence electrons. The van der Waals surface area contributed by atoms with E-state index in [0.717, 1.165) is 5.39 Å². The molecule has 1 amide bonds. The summed E-state index contributed by atoms with van der Waals surface area (Å²) in [5, 5.41) is 3.34. The van der Waals surface area contributed by atoms with Crippen LogP contribution in [0.25, 0.3) is 11.0 Å². The highest BCUT2D eigenvalue weighted by Crippen LogP contribution is 2.18. The first-order valence-corrected chi connectivity index (χ1v) is 5.49. The molecular formula is C13H13NO4. The number of rotatable bonds is 3. The Hall–Kier alpha value is -2.30. The number of furan rings is 1. The second kappa shape index (κ2) is 4.91. The van der Waals surface area contributed by atoms with Crippen LogP contribution in [-0.2, 0) is 9.53 Å². The minimum Gasteiger partial charge on any atom is -0.467 e. The number of nitrogens with one attached hydrogen (secondary N) is 1. The van der Waals surface area contributed by atoms with Crippen molar-refractivity contribution >= 4 is 22.8 Å². The Balaban J connectivity index is 2.16. The lowest BCUT2D eigenvalue weighted by Gasteiger charge is -2.09. The molecule has 0 aliphatic rings. The Bertz CT molecular complexity index is 554. The highest BCUT2D eigenvalue weighted by atomic mass is 16.5. The van der Waals surface area contributed by atoms with Gasteiger partial charge in [-0.1, -0.05) is 18.2 Å². The molecule has 1 heterocycles. The van der Waals surface area contributed by atoms with Gasteiger partial charge in [-0.25, -0.2) is 4.79 Å². The number of carbonyl (C=O) groups excluding carboxylic acids is 2. The van der Waals surface area contributed by atoms with Crippen molar-refractivity contribution in [2.24, 2.45) is 0 Å². The summed E-state index contributed by atoms with van der Waals surface area (Å²) in [6, 6.07) is 8.22. The zero-order valence-electron chi connectivity index (χ0n) is 10.1. The molecule has 0 saturated heterocycles. The minimum atomic E-state index is -0.712. The summed E-state index contributed by atoms with van der Waals surface area (Å²) in [5.74, 6) is -0.768. The maximum Gasteiger partial charge on any atom is 0.328 e. The van der Waals surface area contributed by atoms with E-state index in [1.54, 1.807) is 19.1 Å². The van der Waals surface area contributed by atoms with Crippen LogP contribution < -0.4 is 5.32 Å². The van der Waals surface area contributed by atoms with E-state index in [0.29, 0.717) is 5.58 Å². The summed E-state index contributed by atoms with van der Waals surface area (Å²) >= 11 is 0. The topological polar surface area (TPSA) is 68.5 Å². The molecule has 0 aliphatic carbocycles. The predicted molar refractivity (Wildman–Crippen MR) is 65.2 cm³/mol. The van der Waals surface area contributed by atoms with Crippen LogP contribution in [0.4, 0.5) is 0 Å². The fourth-order valence-corrected chi connectivity index (χ4v) is 1.60. The maximum absolute atomic E-state index is 11.8. The van der Waals surface area contributed by atoms with E-state index in [1.165, 1.54) is 7.11 Å². The number of ether oxygens (including phenoxy) is 1. The molecule has 2 rings (SSSR count). The Kier molecular flexibility index (Phi) is 3.32. The Labute approximate surface area is 104 Å². The molecule has 1 unspecified atom stereocenters. The molecule has 1 atom stereocenters. The van der Waals surface area contributed by atoms with Gasteiger partial charge in [0.15, 0.2) is 5.76 Å². The standard InChI is InChI=1S/C13H13NO4/c1-8(13(16)17-2)14-12(15)11-7-9-5-3-4-6-10(9)18-11/h3-8H,1-2H3,(H,14,15). The molecule has 5 heteroatoms. The summed E-state index contributed by atoms with van der Waals surface area (Å²) in [4.78, 5) is 23.0. The lowest BCUT2D eigenvalue weighted by Crippen LogP contribution is -2.38. The summed E-state index contributed by atoms with van der Waals surface area (Å²) < 4.78 is 9.90. The SMILES string of the molecule is COC(=O)C(C)NC(=O)c1cc2ccccc2o1. The molecule has 18 heavy (non-hydrogen) atoms. The van der Waals surface area contributed by atoms with Crippen LogP contribution in [0, 0.1) is 0 Å². The van der Waals surface area contributed by atoms with Crippen molar-refractivity contribution in [3.05, 3.63) is 36.1 Å². The van der Waals surface area contributed by atoms with Crippen LogP contribution in [0.15, 0.2) is 34.7 Å². The number of hydrogen-bond acceptors (Lipinski definition) is 4. The van der Waals surface area contributed by atoms with Gasteiger partial charge >= 0.3 is 5.97 Å². The van der Waals surface area contributed by atoms with Crippen molar-refractivity contribution in [3.8, 4) is 0 Å². The molecular weight excluding hydrogens is 234 g/mol. The largest absolute Gasteiger partial charge is 0.467 e. The van der Waals surface area contributed by atoms with Crippen LogP contribution in [0.1, 0.15) is 17.5 Å². The number of para-hydroxylation sites is 1. The number of fused-ring (bicyclic) bond motifs is 1. The summed E-state index contributed by atoms with van der Waals surface area (Å²) in [5.41, 5.74) is 0.633. The highest BCUT2D eigenvalue weighted by molar-refractivity contribution is 5.97. The van der Waals surface area contributed by atoms with Gasteiger partial charge in [0.25, 0.3) is 5.91 Å². The Morgan fingerprint density at radius 2 is 2.06 bits per heavy atom. The van der Waals surface area contributed by atoms with E-state index < -0.39 is 17.9 Å². The number of amides is 1. The maximum atomic E-state index is 11.8. The van der Waals surface area contributed by atoms with Gasteiger partial charge in [0.1, 0.15) is 11.6 Å². The van der Waals surface area contributed by atoms with E-state index in [9.17, 15) is 9.59 Å². The minimum absolute atomic E-state index is 0.173. The zero-order valence-corrected chi connectivity index (χ0v) is 10.1. The highest BCUT2D eigenvalue weighted by Gasteiger charge is 2.19. The van der Waals surface area contributed by atoms with Crippen LogP contribution >= 0.6 is 0 Å². The van der Waals surface area contributed by atoms with Crippen molar-refractivity contribution in [1.82, 2.24) is 5.32 Å². The van der Waals surface area contributed by atoms with E-state index in [-0.39, 0.29) is 5.76 Å². The molecule has 0 bridgehead atoms. The Morgan fingerprint density at radius 3 is 2.72 bits per heavy atom. The second-order valence-corrected chi connectivity index (χ2v) is 3.87. The lowest BCUT2D eigenvalue weighted by molar-refractivity contribution is -0.142. The van der Waals surface area contributed by atoms with Gasteiger partial charge in [-0.05, 0) is 19.1 Å². The van der Waals surface area contributed by atoms with Crippen molar-refractivity contribution in [2.75, 3.05) is 7.11 Å². The first-order chi connectivity index (χ1) is 8.61. The average molecular weight is 247 g/mol. The van der Waals surface area contributed by atoms with Crippen LogP contribution in [0.5, 0.6) is 0 Å². The third-order valence-corrected chi connectivity index (χ3v) is 2.55. The first-order valence-electron chi connectivity index (χ1n) is 5.49. The summed E-state index contributed by atoms with van der Waals surface area (Å²) in [6.45, 7) is 1.55. The molecule has 0 fully saturated rings. The van der Waals surface area contributed by atoms with Crippen molar-refractivity contribution < 1.29 is 18.7 Å².